The summed E-state index contributed by atoms with van der Waals surface area (Å²) in [6.07, 6.45) is -4.49. The minimum Gasteiger partial charge on any atom is -0.466 e. The largest absolute Gasteiger partial charge is 0.466 e. The lowest BCUT2D eigenvalue weighted by molar-refractivity contribution is -0.137. The lowest BCUT2D eigenvalue weighted by atomic mass is 10.0. The first kappa shape index (κ1) is 14.8. The average Bonchev–Trinajstić information content (AvgIpc) is 2.66. The Kier molecular flexibility index (Phi) is 3.77. The monoisotopic (exact) mass is 346 g/mol. The quantitative estimate of drug-likeness (QED) is 0.723. The van der Waals surface area contributed by atoms with Crippen molar-refractivity contribution in [1.29, 1.82) is 0 Å². The summed E-state index contributed by atoms with van der Waals surface area (Å²) in [7, 11) is 0. The number of hydrogen-bond donors (Lipinski definition) is 0. The molecule has 1 heterocycles. The van der Waals surface area contributed by atoms with E-state index in [0.29, 0.717) is 16.0 Å². The second-order valence-corrected chi connectivity index (χ2v) is 5.20. The number of alkyl halides is 3. The fourth-order valence-corrected chi connectivity index (χ4v) is 2.30. The molecule has 0 aliphatic rings. The summed E-state index contributed by atoms with van der Waals surface area (Å²) in [6, 6.07) is 4.51. The molecule has 0 aliphatic heterocycles. The van der Waals surface area contributed by atoms with E-state index in [-0.39, 0.29) is 11.1 Å². The maximum atomic E-state index is 12.7. The molecule has 20 heavy (non-hydrogen) atoms. The molecule has 1 aromatic carbocycles. The predicted octanol–water partition coefficient (Wildman–Crippen LogP) is 4.91. The van der Waals surface area contributed by atoms with Gasteiger partial charge in [0.05, 0.1) is 11.1 Å². The highest BCUT2D eigenvalue weighted by molar-refractivity contribution is 9.10. The zero-order chi connectivity index (χ0) is 15.1. The Morgan fingerprint density at radius 3 is 2.30 bits per heavy atom. The maximum Gasteiger partial charge on any atom is 0.416 e. The fraction of sp³-hybridized carbons (Fsp3) is 0.214. The molecule has 0 atom stereocenters. The van der Waals surface area contributed by atoms with E-state index in [9.17, 15) is 18.0 Å². The molecule has 0 N–H and O–H groups in total. The summed E-state index contributed by atoms with van der Waals surface area (Å²) in [5, 5.41) is 0. The van der Waals surface area contributed by atoms with Crippen molar-refractivity contribution in [2.24, 2.45) is 0 Å². The van der Waals surface area contributed by atoms with Crippen molar-refractivity contribution in [2.45, 2.75) is 20.0 Å². The average molecular weight is 347 g/mol. The molecule has 0 fully saturated rings. The van der Waals surface area contributed by atoms with Gasteiger partial charge in [-0.1, -0.05) is 15.9 Å². The van der Waals surface area contributed by atoms with E-state index in [1.165, 1.54) is 12.1 Å². The van der Waals surface area contributed by atoms with Gasteiger partial charge in [-0.3, -0.25) is 4.79 Å². The van der Waals surface area contributed by atoms with Crippen LogP contribution in [-0.2, 0) is 6.18 Å². The third kappa shape index (κ3) is 2.80. The Hall–Kier alpha value is -1.56. The van der Waals surface area contributed by atoms with E-state index in [1.807, 2.05) is 0 Å². The van der Waals surface area contributed by atoms with Crippen molar-refractivity contribution in [3.05, 3.63) is 56.9 Å². The Labute approximate surface area is 121 Å². The predicted molar refractivity (Wildman–Crippen MR) is 70.8 cm³/mol. The minimum atomic E-state index is -4.49. The first-order valence-electron chi connectivity index (χ1n) is 5.68. The molecule has 106 valence electrons. The summed E-state index contributed by atoms with van der Waals surface area (Å²) in [4.78, 5) is 12.3. The molecule has 0 radical (unpaired) electrons. The highest BCUT2D eigenvalue weighted by atomic mass is 79.9. The van der Waals surface area contributed by atoms with Crippen LogP contribution in [0.3, 0.4) is 0 Å². The molecule has 0 saturated heterocycles. The number of ketones is 1. The van der Waals surface area contributed by atoms with Crippen LogP contribution in [0.2, 0.25) is 0 Å². The first-order valence-corrected chi connectivity index (χ1v) is 6.48. The molecule has 2 nitrogen and oxygen atoms in total. The minimum absolute atomic E-state index is 0.0382. The summed E-state index contributed by atoms with van der Waals surface area (Å²) >= 11 is 3.11. The Bertz CT molecular complexity index is 672. The zero-order valence-electron chi connectivity index (χ0n) is 10.6. The van der Waals surface area contributed by atoms with Crippen LogP contribution in [0.5, 0.6) is 0 Å². The molecular weight excluding hydrogens is 337 g/mol. The van der Waals surface area contributed by atoms with Gasteiger partial charge in [0, 0.05) is 10.0 Å². The van der Waals surface area contributed by atoms with Gasteiger partial charge in [0.25, 0.3) is 0 Å². The summed E-state index contributed by atoms with van der Waals surface area (Å²) in [5.41, 5.74) is -0.631. The second-order valence-electron chi connectivity index (χ2n) is 4.35. The lowest BCUT2D eigenvalue weighted by Crippen LogP contribution is -2.09. The van der Waals surface area contributed by atoms with Crippen LogP contribution in [0.15, 0.2) is 33.2 Å². The number of rotatable bonds is 2. The fourth-order valence-electron chi connectivity index (χ4n) is 1.88. The normalized spacial score (nSPS) is 11.7. The third-order valence-electron chi connectivity index (χ3n) is 2.82. The Balaban J connectivity index is 2.52. The van der Waals surface area contributed by atoms with E-state index in [2.05, 4.69) is 15.9 Å². The number of benzene rings is 1. The van der Waals surface area contributed by atoms with Crippen molar-refractivity contribution in [2.75, 3.05) is 0 Å². The number of carbonyl (C=O) groups excluding carboxylic acids is 1. The highest BCUT2D eigenvalue weighted by Crippen LogP contribution is 2.33. The molecule has 1 aromatic heterocycles. The molecule has 0 spiro atoms. The third-order valence-corrected chi connectivity index (χ3v) is 3.52. The van der Waals surface area contributed by atoms with Crippen LogP contribution in [0, 0.1) is 13.8 Å². The topological polar surface area (TPSA) is 30.2 Å². The molecule has 0 unspecified atom stereocenters. The zero-order valence-corrected chi connectivity index (χ0v) is 12.2. The molecule has 0 aliphatic carbocycles. The number of aryl methyl sites for hydroxylation is 2. The number of hydrogen-bond acceptors (Lipinski definition) is 2. The van der Waals surface area contributed by atoms with Gasteiger partial charge in [0.2, 0.25) is 0 Å². The highest BCUT2D eigenvalue weighted by Gasteiger charge is 2.32. The molecule has 2 rings (SSSR count). The van der Waals surface area contributed by atoms with Crippen molar-refractivity contribution in [3.8, 4) is 0 Å². The van der Waals surface area contributed by atoms with E-state index >= 15 is 0 Å². The maximum absolute atomic E-state index is 12.7. The lowest BCUT2D eigenvalue weighted by Gasteiger charge is -2.09. The molecule has 0 amide bonds. The van der Waals surface area contributed by atoms with Gasteiger partial charge >= 0.3 is 6.18 Å². The van der Waals surface area contributed by atoms with Gasteiger partial charge in [-0.2, -0.15) is 13.2 Å². The van der Waals surface area contributed by atoms with Crippen LogP contribution < -0.4 is 0 Å². The molecule has 0 saturated carbocycles. The van der Waals surface area contributed by atoms with Gasteiger partial charge in [0.1, 0.15) is 11.5 Å². The van der Waals surface area contributed by atoms with Gasteiger partial charge in [-0.05, 0) is 38.1 Å². The smallest absolute Gasteiger partial charge is 0.416 e. The Morgan fingerprint density at radius 1 is 1.15 bits per heavy atom. The molecular formula is C14H10BrF3O2. The van der Waals surface area contributed by atoms with Crippen LogP contribution in [0.1, 0.15) is 33.0 Å². The number of furan rings is 1. The number of carbonyl (C=O) groups is 1. The van der Waals surface area contributed by atoms with Gasteiger partial charge in [-0.25, -0.2) is 0 Å². The molecule has 0 bridgehead atoms. The van der Waals surface area contributed by atoms with E-state index in [4.69, 9.17) is 4.42 Å². The number of halogens is 4. The van der Waals surface area contributed by atoms with Crippen LogP contribution in [0.4, 0.5) is 13.2 Å². The molecule has 2 aromatic rings. The SMILES string of the molecule is Cc1cc(C(=O)c2cc(C(F)(F)F)ccc2Br)c(C)o1. The van der Waals surface area contributed by atoms with Crippen molar-refractivity contribution < 1.29 is 22.4 Å². The van der Waals surface area contributed by atoms with Crippen LogP contribution in [0.25, 0.3) is 0 Å². The van der Waals surface area contributed by atoms with Crippen LogP contribution in [-0.4, -0.2) is 5.78 Å². The Morgan fingerprint density at radius 2 is 1.80 bits per heavy atom. The van der Waals surface area contributed by atoms with Gasteiger partial charge in [0.15, 0.2) is 5.78 Å². The summed E-state index contributed by atoms with van der Waals surface area (Å²) in [5.74, 6) is 0.420. The van der Waals surface area contributed by atoms with Crippen molar-refractivity contribution in [3.63, 3.8) is 0 Å². The molecule has 6 heteroatoms. The van der Waals surface area contributed by atoms with E-state index in [0.717, 1.165) is 12.1 Å². The van der Waals surface area contributed by atoms with Crippen molar-refractivity contribution >= 4 is 21.7 Å². The van der Waals surface area contributed by atoms with Gasteiger partial charge in [-0.15, -0.1) is 0 Å². The second kappa shape index (κ2) is 5.09. The van der Waals surface area contributed by atoms with E-state index < -0.39 is 17.5 Å². The van der Waals surface area contributed by atoms with E-state index in [1.54, 1.807) is 13.8 Å². The first-order chi connectivity index (χ1) is 9.20. The van der Waals surface area contributed by atoms with Gasteiger partial charge < -0.3 is 4.42 Å². The summed E-state index contributed by atoms with van der Waals surface area (Å²) < 4.78 is 43.7. The standard InChI is InChI=1S/C14H10BrF3O2/c1-7-5-10(8(2)20-7)13(19)11-6-9(14(16,17)18)3-4-12(11)15/h3-6H,1-2H3. The van der Waals surface area contributed by atoms with Crippen molar-refractivity contribution in [1.82, 2.24) is 0 Å². The van der Waals surface area contributed by atoms with Crippen LogP contribution >= 0.6 is 15.9 Å². The summed E-state index contributed by atoms with van der Waals surface area (Å²) in [6.45, 7) is 3.27.